The number of ether oxygens (including phenoxy) is 2. The van der Waals surface area contributed by atoms with E-state index >= 15 is 0 Å². The molecular formula is C21H25NO4. The third kappa shape index (κ3) is 4.85. The van der Waals surface area contributed by atoms with Gasteiger partial charge in [-0.05, 0) is 55.2 Å². The first-order chi connectivity index (χ1) is 12.3. The molecule has 0 aliphatic heterocycles. The molecule has 2 rings (SSSR count). The lowest BCUT2D eigenvalue weighted by molar-refractivity contribution is -0.122. The van der Waals surface area contributed by atoms with Gasteiger partial charge in [-0.1, -0.05) is 32.0 Å². The van der Waals surface area contributed by atoms with E-state index in [1.165, 1.54) is 7.11 Å². The van der Waals surface area contributed by atoms with Gasteiger partial charge in [-0.2, -0.15) is 0 Å². The third-order valence-corrected chi connectivity index (χ3v) is 4.12. The lowest BCUT2D eigenvalue weighted by atomic mass is 10.0. The number of carbonyl (C=O) groups excluding carboxylic acids is 2. The van der Waals surface area contributed by atoms with Crippen LogP contribution in [0.25, 0.3) is 0 Å². The van der Waals surface area contributed by atoms with Gasteiger partial charge < -0.3 is 14.8 Å². The molecule has 0 spiro atoms. The number of nitrogens with one attached hydrogen (secondary N) is 1. The average Bonchev–Trinajstić information content (AvgIpc) is 2.62. The number of aryl methyl sites for hydroxylation is 1. The fourth-order valence-electron chi connectivity index (χ4n) is 2.44. The largest absolute Gasteiger partial charge is 0.481 e. The van der Waals surface area contributed by atoms with Gasteiger partial charge in [-0.3, -0.25) is 4.79 Å². The number of amides is 1. The molecule has 5 heteroatoms. The molecule has 0 bridgehead atoms. The fourth-order valence-corrected chi connectivity index (χ4v) is 2.44. The third-order valence-electron chi connectivity index (χ3n) is 4.12. The first kappa shape index (κ1) is 19.5. The molecule has 0 fully saturated rings. The number of anilines is 1. The van der Waals surface area contributed by atoms with Crippen molar-refractivity contribution < 1.29 is 19.1 Å². The number of hydrogen-bond donors (Lipinski definition) is 1. The Balaban J connectivity index is 2.10. The smallest absolute Gasteiger partial charge is 0.337 e. The summed E-state index contributed by atoms with van der Waals surface area (Å²) in [6.07, 6.45) is -0.682. The lowest BCUT2D eigenvalue weighted by Crippen LogP contribution is -2.30. The van der Waals surface area contributed by atoms with Crippen molar-refractivity contribution in [1.82, 2.24) is 0 Å². The minimum atomic E-state index is -0.682. The van der Waals surface area contributed by atoms with Gasteiger partial charge in [0.2, 0.25) is 0 Å². The average molecular weight is 355 g/mol. The number of hydrogen-bond acceptors (Lipinski definition) is 4. The molecular weight excluding hydrogens is 330 g/mol. The molecule has 0 heterocycles. The van der Waals surface area contributed by atoms with Crippen molar-refractivity contribution >= 4 is 17.6 Å². The Morgan fingerprint density at radius 1 is 1.04 bits per heavy atom. The normalized spacial score (nSPS) is 11.8. The van der Waals surface area contributed by atoms with Crippen molar-refractivity contribution in [2.45, 2.75) is 39.7 Å². The molecule has 0 aliphatic rings. The Bertz CT molecular complexity index is 798. The molecule has 2 aromatic rings. The predicted molar refractivity (Wildman–Crippen MR) is 102 cm³/mol. The minimum Gasteiger partial charge on any atom is -0.481 e. The summed E-state index contributed by atoms with van der Waals surface area (Å²) in [6.45, 7) is 7.75. The van der Waals surface area contributed by atoms with Gasteiger partial charge in [-0.25, -0.2) is 4.79 Å². The summed E-state index contributed by atoms with van der Waals surface area (Å²) in [5.74, 6) is 0.297. The van der Waals surface area contributed by atoms with Crippen molar-refractivity contribution in [1.29, 1.82) is 0 Å². The maximum atomic E-state index is 12.5. The molecule has 2 aromatic carbocycles. The molecule has 5 nitrogen and oxygen atoms in total. The van der Waals surface area contributed by atoms with Crippen molar-refractivity contribution in [3.05, 3.63) is 59.2 Å². The highest BCUT2D eigenvalue weighted by molar-refractivity contribution is 5.97. The molecule has 1 unspecified atom stereocenters. The zero-order valence-electron chi connectivity index (χ0n) is 15.8. The molecule has 0 radical (unpaired) electrons. The molecule has 26 heavy (non-hydrogen) atoms. The van der Waals surface area contributed by atoms with Crippen molar-refractivity contribution in [3.63, 3.8) is 0 Å². The molecule has 0 saturated carbocycles. The van der Waals surface area contributed by atoms with E-state index in [1.54, 1.807) is 25.1 Å². The van der Waals surface area contributed by atoms with Crippen LogP contribution in [0.4, 0.5) is 5.69 Å². The highest BCUT2D eigenvalue weighted by Gasteiger charge is 2.17. The van der Waals surface area contributed by atoms with E-state index in [4.69, 9.17) is 9.47 Å². The molecule has 0 aliphatic carbocycles. The summed E-state index contributed by atoms with van der Waals surface area (Å²) in [4.78, 5) is 24.2. The van der Waals surface area contributed by atoms with E-state index in [0.717, 1.165) is 11.1 Å². The second-order valence-electron chi connectivity index (χ2n) is 6.50. The Morgan fingerprint density at radius 3 is 2.42 bits per heavy atom. The fraction of sp³-hybridized carbons (Fsp3) is 0.333. The quantitative estimate of drug-likeness (QED) is 0.784. The molecule has 1 amide bonds. The number of esters is 1. The van der Waals surface area contributed by atoms with Crippen LogP contribution in [-0.4, -0.2) is 25.1 Å². The van der Waals surface area contributed by atoms with Crippen molar-refractivity contribution in [3.8, 4) is 5.75 Å². The van der Waals surface area contributed by atoms with E-state index in [-0.39, 0.29) is 5.91 Å². The lowest BCUT2D eigenvalue weighted by Gasteiger charge is -2.17. The van der Waals surface area contributed by atoms with Crippen LogP contribution in [0.2, 0.25) is 0 Å². The van der Waals surface area contributed by atoms with E-state index in [1.807, 2.05) is 31.2 Å². The summed E-state index contributed by atoms with van der Waals surface area (Å²) in [5, 5.41) is 2.82. The monoisotopic (exact) mass is 355 g/mol. The van der Waals surface area contributed by atoms with E-state index in [2.05, 4.69) is 19.2 Å². The predicted octanol–water partition coefficient (Wildman–Crippen LogP) is 4.31. The van der Waals surface area contributed by atoms with Crippen LogP contribution in [0.3, 0.4) is 0 Å². The first-order valence-corrected chi connectivity index (χ1v) is 8.58. The van der Waals surface area contributed by atoms with Gasteiger partial charge in [-0.15, -0.1) is 0 Å². The summed E-state index contributed by atoms with van der Waals surface area (Å²) < 4.78 is 10.5. The van der Waals surface area contributed by atoms with Gasteiger partial charge in [0, 0.05) is 5.69 Å². The molecule has 0 aromatic heterocycles. The zero-order valence-corrected chi connectivity index (χ0v) is 15.8. The minimum absolute atomic E-state index is 0.287. The summed E-state index contributed by atoms with van der Waals surface area (Å²) in [5.41, 5.74) is 2.94. The summed E-state index contributed by atoms with van der Waals surface area (Å²) >= 11 is 0. The second kappa shape index (κ2) is 8.52. The maximum Gasteiger partial charge on any atom is 0.337 e. The molecule has 138 valence electrons. The molecule has 1 atom stereocenters. The van der Waals surface area contributed by atoms with Gasteiger partial charge >= 0.3 is 5.97 Å². The highest BCUT2D eigenvalue weighted by atomic mass is 16.5. The van der Waals surface area contributed by atoms with Gasteiger partial charge in [0.15, 0.2) is 6.10 Å². The summed E-state index contributed by atoms with van der Waals surface area (Å²) in [6, 6.07) is 12.7. The molecule has 1 N–H and O–H groups in total. The van der Waals surface area contributed by atoms with Crippen LogP contribution < -0.4 is 10.1 Å². The van der Waals surface area contributed by atoms with E-state index in [0.29, 0.717) is 22.9 Å². The Labute approximate surface area is 154 Å². The van der Waals surface area contributed by atoms with Crippen LogP contribution in [0.5, 0.6) is 5.75 Å². The Kier molecular flexibility index (Phi) is 6.39. The van der Waals surface area contributed by atoms with Crippen LogP contribution in [0.15, 0.2) is 42.5 Å². The number of carbonyl (C=O) groups is 2. The second-order valence-corrected chi connectivity index (χ2v) is 6.50. The van der Waals surface area contributed by atoms with E-state index < -0.39 is 12.1 Å². The topological polar surface area (TPSA) is 64.6 Å². The van der Waals surface area contributed by atoms with Crippen molar-refractivity contribution in [2.75, 3.05) is 12.4 Å². The van der Waals surface area contributed by atoms with Gasteiger partial charge in [0.05, 0.1) is 12.7 Å². The van der Waals surface area contributed by atoms with Crippen LogP contribution in [0.1, 0.15) is 48.2 Å². The molecule has 0 saturated heterocycles. The van der Waals surface area contributed by atoms with Crippen LogP contribution in [0, 0.1) is 6.92 Å². The maximum absolute atomic E-state index is 12.5. The Hall–Kier alpha value is -2.82. The zero-order chi connectivity index (χ0) is 19.3. The van der Waals surface area contributed by atoms with Gasteiger partial charge in [0.25, 0.3) is 5.91 Å². The number of rotatable bonds is 6. The first-order valence-electron chi connectivity index (χ1n) is 8.58. The van der Waals surface area contributed by atoms with Gasteiger partial charge in [0.1, 0.15) is 5.75 Å². The number of benzene rings is 2. The van der Waals surface area contributed by atoms with Crippen LogP contribution in [-0.2, 0) is 9.53 Å². The number of methoxy groups -OCH3 is 1. The van der Waals surface area contributed by atoms with Crippen LogP contribution >= 0.6 is 0 Å². The Morgan fingerprint density at radius 2 is 1.77 bits per heavy atom. The SMILES string of the molecule is COC(=O)c1ccc(C)c(NC(=O)C(C)Oc2cccc(C(C)C)c2)c1. The highest BCUT2D eigenvalue weighted by Crippen LogP contribution is 2.22. The standard InChI is InChI=1S/C21H25NO4/c1-13(2)16-7-6-8-18(11-16)26-15(4)20(23)22-19-12-17(21(24)25-5)10-9-14(19)3/h6-13,15H,1-5H3,(H,22,23). The summed E-state index contributed by atoms with van der Waals surface area (Å²) in [7, 11) is 1.32. The van der Waals surface area contributed by atoms with Crippen molar-refractivity contribution in [2.24, 2.45) is 0 Å². The van der Waals surface area contributed by atoms with E-state index in [9.17, 15) is 9.59 Å².